The number of alkyl halides is 1. The number of benzene rings is 1. The first-order valence-corrected chi connectivity index (χ1v) is 16.3. The maximum atomic E-state index is 16.5. The average molecular weight is 665 g/mol. The summed E-state index contributed by atoms with van der Waals surface area (Å²) in [7, 11) is -4.61. The van der Waals surface area contributed by atoms with Gasteiger partial charge in [0.2, 0.25) is 11.8 Å². The number of fused-ring (bicyclic) bond motifs is 1. The maximum absolute atomic E-state index is 16.5. The first-order chi connectivity index (χ1) is 22.0. The number of para-hydroxylation sites is 1. The Morgan fingerprint density at radius 2 is 2.00 bits per heavy atom. The number of nitrogens with two attached hydrogens (primary N) is 1. The fraction of sp³-hybridized carbons (Fsp3) is 0.517. The molecule has 250 valence electrons. The molecule has 1 fully saturated rings. The molecule has 1 aromatic carbocycles. The summed E-state index contributed by atoms with van der Waals surface area (Å²) in [6.45, 7) is 1.18. The number of carbonyl (C=O) groups excluding carboxylic acids is 1. The number of halogens is 1. The summed E-state index contributed by atoms with van der Waals surface area (Å²) in [5, 5.41) is 23.2. The molecule has 17 heteroatoms. The van der Waals surface area contributed by atoms with Crippen LogP contribution in [0.3, 0.4) is 0 Å². The van der Waals surface area contributed by atoms with E-state index in [1.165, 1.54) is 19.1 Å². The number of aliphatic hydroxyl groups is 2. The van der Waals surface area contributed by atoms with Crippen molar-refractivity contribution < 1.29 is 47.2 Å². The summed E-state index contributed by atoms with van der Waals surface area (Å²) in [5.74, 6) is -2.28. The van der Waals surface area contributed by atoms with Crippen molar-refractivity contribution in [2.45, 2.75) is 76.3 Å². The number of aromatic nitrogens is 4. The van der Waals surface area contributed by atoms with E-state index in [0.29, 0.717) is 12.8 Å². The summed E-state index contributed by atoms with van der Waals surface area (Å²) in [6, 6.07) is 6.60. The number of nitrogens with one attached hydrogen (secondary N) is 1. The largest absolute Gasteiger partial charge is 0.476 e. The number of carbonyl (C=O) groups is 1. The van der Waals surface area contributed by atoms with Crippen molar-refractivity contribution in [3.8, 4) is 24.0 Å². The van der Waals surface area contributed by atoms with Crippen LogP contribution in [0.5, 0.6) is 11.6 Å². The van der Waals surface area contributed by atoms with E-state index in [1.54, 1.807) is 25.1 Å². The van der Waals surface area contributed by atoms with Crippen molar-refractivity contribution in [1.29, 1.82) is 0 Å². The van der Waals surface area contributed by atoms with E-state index in [-0.39, 0.29) is 41.5 Å². The minimum absolute atomic E-state index is 0.0125. The number of terminal acetylenes is 1. The van der Waals surface area contributed by atoms with Crippen molar-refractivity contribution in [1.82, 2.24) is 24.6 Å². The fourth-order valence-electron chi connectivity index (χ4n) is 4.69. The Kier molecular flexibility index (Phi) is 11.9. The normalized spacial score (nSPS) is 18.4. The van der Waals surface area contributed by atoms with E-state index >= 15 is 4.39 Å². The van der Waals surface area contributed by atoms with Gasteiger partial charge in [-0.3, -0.25) is 13.9 Å². The van der Waals surface area contributed by atoms with Crippen molar-refractivity contribution in [3.05, 3.63) is 36.7 Å². The highest BCUT2D eigenvalue weighted by Crippen LogP contribution is 2.46. The lowest BCUT2D eigenvalue weighted by Gasteiger charge is -2.33. The zero-order valence-corrected chi connectivity index (χ0v) is 26.3. The summed E-state index contributed by atoms with van der Waals surface area (Å²) < 4.78 is 59.1. The predicted octanol–water partition coefficient (Wildman–Crippen LogP) is 3.03. The highest BCUT2D eigenvalue weighted by molar-refractivity contribution is 7.52. The van der Waals surface area contributed by atoms with Crippen LogP contribution < -0.4 is 20.1 Å². The molecule has 3 unspecified atom stereocenters. The van der Waals surface area contributed by atoms with E-state index in [2.05, 4.69) is 20.0 Å². The van der Waals surface area contributed by atoms with Crippen LogP contribution in [0.2, 0.25) is 0 Å². The first-order valence-electron chi connectivity index (χ1n) is 14.7. The molecule has 46 heavy (non-hydrogen) atoms. The number of rotatable bonds is 16. The molecule has 4 rings (SSSR count). The number of nitrogens with zero attached hydrogens (tertiary/aromatic N) is 4. The van der Waals surface area contributed by atoms with Gasteiger partial charge in [-0.05, 0) is 51.7 Å². The Labute approximate surface area is 265 Å². The second kappa shape index (κ2) is 15.6. The monoisotopic (exact) mass is 664 g/mol. The maximum Gasteiger partial charge on any atom is 0.459 e. The predicted molar refractivity (Wildman–Crippen MR) is 163 cm³/mol. The van der Waals surface area contributed by atoms with Gasteiger partial charge in [0.05, 0.1) is 19.5 Å². The Morgan fingerprint density at radius 1 is 1.28 bits per heavy atom. The topological polar surface area (TPSA) is 202 Å². The number of nitrogen functional groups attached to an aromatic ring is 1. The standard InChI is InChI=1S/C29H38FN6O9P/c1-4-22(38)29(30,44-23(16-37)36-18-32-24-25(36)33-28(31)34-26(24)41-5-2)17-42-46(40,45-21-14-10-7-11-15-21)35-19(3)27(39)43-20-12-8-6-9-13-20/h1,7,10-11,14-15,18-20,22-23,37-38H,5-6,8-9,12-13,16-17H2,2-3H3,(H,35,40)(H2,31,33,34)/t19?,22-,23+,29?,46?/m0/s1. The van der Waals surface area contributed by atoms with Gasteiger partial charge < -0.3 is 34.7 Å². The summed E-state index contributed by atoms with van der Waals surface area (Å²) in [4.78, 5) is 25.1. The van der Waals surface area contributed by atoms with Crippen LogP contribution >= 0.6 is 7.75 Å². The van der Waals surface area contributed by atoms with Crippen LogP contribution in [0.4, 0.5) is 10.3 Å². The van der Waals surface area contributed by atoms with Gasteiger partial charge in [0, 0.05) is 0 Å². The van der Waals surface area contributed by atoms with Gasteiger partial charge in [0.25, 0.3) is 5.85 Å². The van der Waals surface area contributed by atoms with Crippen LogP contribution in [0.25, 0.3) is 11.2 Å². The van der Waals surface area contributed by atoms with Crippen LogP contribution in [-0.2, 0) is 23.4 Å². The quantitative estimate of drug-likeness (QED) is 0.0988. The van der Waals surface area contributed by atoms with Crippen molar-refractivity contribution in [2.75, 3.05) is 25.6 Å². The number of hydrogen-bond donors (Lipinski definition) is 4. The molecular weight excluding hydrogens is 626 g/mol. The van der Waals surface area contributed by atoms with Crippen molar-refractivity contribution in [3.63, 3.8) is 0 Å². The van der Waals surface area contributed by atoms with Crippen LogP contribution in [0, 0.1) is 12.3 Å². The molecule has 0 radical (unpaired) electrons. The summed E-state index contributed by atoms with van der Waals surface area (Å²) in [5.41, 5.74) is 5.95. The number of esters is 1. The Morgan fingerprint density at radius 3 is 2.65 bits per heavy atom. The highest BCUT2D eigenvalue weighted by atomic mass is 31.2. The SMILES string of the molecule is C#C[C@H](O)C(F)(COP(=O)(NC(C)C(=O)OC1CCCCC1)Oc1ccccc1)O[C@H](CO)n1cnc2c(OCC)nc(N)nc21. The van der Waals surface area contributed by atoms with E-state index in [0.717, 1.165) is 30.2 Å². The lowest BCUT2D eigenvalue weighted by molar-refractivity contribution is -0.255. The number of imidazole rings is 1. The molecule has 1 aliphatic rings. The average Bonchev–Trinajstić information content (AvgIpc) is 3.47. The molecule has 2 aromatic heterocycles. The van der Waals surface area contributed by atoms with Gasteiger partial charge in [0.1, 0.15) is 24.5 Å². The van der Waals surface area contributed by atoms with E-state index in [9.17, 15) is 19.6 Å². The highest BCUT2D eigenvalue weighted by Gasteiger charge is 2.46. The zero-order chi connectivity index (χ0) is 33.3. The molecule has 5 N–H and O–H groups in total. The number of anilines is 1. The third-order valence-electron chi connectivity index (χ3n) is 6.99. The number of hydrogen-bond acceptors (Lipinski definition) is 13. The first kappa shape index (κ1) is 35.0. The molecular formula is C29H38FN6O9P. The van der Waals surface area contributed by atoms with E-state index < -0.39 is 51.2 Å². The Hall–Kier alpha value is -3.84. The van der Waals surface area contributed by atoms with E-state index in [4.69, 9.17) is 35.4 Å². The molecule has 0 saturated heterocycles. The van der Waals surface area contributed by atoms with Gasteiger partial charge in [-0.2, -0.15) is 15.1 Å². The van der Waals surface area contributed by atoms with Gasteiger partial charge in [-0.25, -0.2) is 13.9 Å². The molecule has 3 aromatic rings. The number of aliphatic hydroxyl groups excluding tert-OH is 2. The van der Waals surface area contributed by atoms with Gasteiger partial charge in [-0.15, -0.1) is 6.42 Å². The lowest BCUT2D eigenvalue weighted by Crippen LogP contribution is -2.47. The molecule has 5 atom stereocenters. The molecule has 1 saturated carbocycles. The third kappa shape index (κ3) is 8.69. The molecule has 1 aliphatic carbocycles. The third-order valence-corrected chi connectivity index (χ3v) is 8.62. The van der Waals surface area contributed by atoms with Crippen LogP contribution in [0.15, 0.2) is 36.7 Å². The zero-order valence-electron chi connectivity index (χ0n) is 25.5. The number of ether oxygens (including phenoxy) is 3. The minimum atomic E-state index is -4.61. The molecule has 2 heterocycles. The van der Waals surface area contributed by atoms with Crippen LogP contribution in [0.1, 0.15) is 52.2 Å². The van der Waals surface area contributed by atoms with Gasteiger partial charge in [0.15, 0.2) is 23.5 Å². The molecule has 0 bridgehead atoms. The van der Waals surface area contributed by atoms with E-state index in [1.807, 2.05) is 5.92 Å². The minimum Gasteiger partial charge on any atom is -0.476 e. The summed E-state index contributed by atoms with van der Waals surface area (Å²) in [6.07, 6.45) is 6.63. The molecule has 0 spiro atoms. The second-order valence-electron chi connectivity index (χ2n) is 10.5. The Bertz CT molecular complexity index is 1550. The fourth-order valence-corrected chi connectivity index (χ4v) is 6.19. The van der Waals surface area contributed by atoms with Gasteiger partial charge in [-0.1, -0.05) is 30.5 Å². The smallest absolute Gasteiger partial charge is 0.459 e. The summed E-state index contributed by atoms with van der Waals surface area (Å²) >= 11 is 0. The molecule has 0 amide bonds. The van der Waals surface area contributed by atoms with Crippen molar-refractivity contribution in [2.24, 2.45) is 0 Å². The van der Waals surface area contributed by atoms with Gasteiger partial charge >= 0.3 is 13.7 Å². The second-order valence-corrected chi connectivity index (χ2v) is 12.2. The lowest BCUT2D eigenvalue weighted by atomic mass is 9.98. The molecule has 15 nitrogen and oxygen atoms in total. The Balaban J connectivity index is 1.58. The van der Waals surface area contributed by atoms with Crippen LogP contribution in [-0.4, -0.2) is 79.6 Å². The molecule has 0 aliphatic heterocycles. The van der Waals surface area contributed by atoms with Crippen molar-refractivity contribution >= 4 is 30.8 Å².